The molecule has 0 spiro atoms. The monoisotopic (exact) mass is 222 g/mol. The van der Waals surface area contributed by atoms with Crippen molar-refractivity contribution in [2.75, 3.05) is 19.0 Å². The summed E-state index contributed by atoms with van der Waals surface area (Å²) in [5.74, 6) is 0.470. The molecule has 0 bridgehead atoms. The maximum Gasteiger partial charge on any atom is 0.340 e. The molecular weight excluding hydrogens is 204 g/mol. The summed E-state index contributed by atoms with van der Waals surface area (Å²) in [5.41, 5.74) is -0.00219. The normalized spacial score (nSPS) is 11.1. The maximum absolute atomic E-state index is 11.7. The van der Waals surface area contributed by atoms with Crippen molar-refractivity contribution in [3.05, 3.63) is 23.9 Å². The first-order valence-corrected chi connectivity index (χ1v) is 5.16. The molecule has 0 N–H and O–H groups in total. The number of hydrogen-bond donors (Lipinski definition) is 0. The van der Waals surface area contributed by atoms with Crippen molar-refractivity contribution in [1.29, 1.82) is 0 Å². The van der Waals surface area contributed by atoms with Crippen LogP contribution >= 0.6 is 0 Å². The number of anilines is 1. The van der Waals surface area contributed by atoms with Crippen LogP contribution in [0.2, 0.25) is 0 Å². The first-order chi connectivity index (χ1) is 7.29. The van der Waals surface area contributed by atoms with E-state index in [-0.39, 0.29) is 5.97 Å². The van der Waals surface area contributed by atoms with Crippen LogP contribution in [0.1, 0.15) is 31.1 Å². The molecule has 0 amide bonds. The summed E-state index contributed by atoms with van der Waals surface area (Å²) in [4.78, 5) is 17.7. The van der Waals surface area contributed by atoms with Gasteiger partial charge in [-0.25, -0.2) is 9.78 Å². The highest BCUT2D eigenvalue weighted by molar-refractivity contribution is 5.89. The summed E-state index contributed by atoms with van der Waals surface area (Å²) < 4.78 is 5.23. The van der Waals surface area contributed by atoms with E-state index >= 15 is 0 Å². The van der Waals surface area contributed by atoms with E-state index < -0.39 is 5.60 Å². The highest BCUT2D eigenvalue weighted by atomic mass is 16.6. The van der Waals surface area contributed by atoms with Crippen molar-refractivity contribution >= 4 is 11.8 Å². The average Bonchev–Trinajstić information content (AvgIpc) is 2.15. The van der Waals surface area contributed by atoms with Crippen LogP contribution in [-0.2, 0) is 4.74 Å². The second-order valence-electron chi connectivity index (χ2n) is 4.80. The number of rotatable bonds is 2. The first-order valence-electron chi connectivity index (χ1n) is 5.16. The smallest absolute Gasteiger partial charge is 0.340 e. The zero-order valence-corrected chi connectivity index (χ0v) is 10.4. The van der Waals surface area contributed by atoms with Crippen molar-refractivity contribution in [2.24, 2.45) is 0 Å². The van der Waals surface area contributed by atoms with Crippen molar-refractivity contribution in [2.45, 2.75) is 26.4 Å². The standard InChI is InChI=1S/C12H18N2O2/c1-12(2,3)16-11(15)9-6-7-10(13-8-9)14(4)5/h6-8H,1-5H3. The Bertz CT molecular complexity index is 364. The maximum atomic E-state index is 11.7. The fraction of sp³-hybridized carbons (Fsp3) is 0.500. The Morgan fingerprint density at radius 1 is 1.31 bits per heavy atom. The first kappa shape index (κ1) is 12.5. The molecule has 16 heavy (non-hydrogen) atoms. The van der Waals surface area contributed by atoms with E-state index in [2.05, 4.69) is 4.98 Å². The van der Waals surface area contributed by atoms with Gasteiger partial charge in [0.15, 0.2) is 0 Å². The summed E-state index contributed by atoms with van der Waals surface area (Å²) in [7, 11) is 3.80. The van der Waals surface area contributed by atoms with Crippen molar-refractivity contribution in [3.63, 3.8) is 0 Å². The highest BCUT2D eigenvalue weighted by Gasteiger charge is 2.17. The van der Waals surface area contributed by atoms with Gasteiger partial charge in [0, 0.05) is 20.3 Å². The van der Waals surface area contributed by atoms with Crippen LogP contribution < -0.4 is 4.90 Å². The van der Waals surface area contributed by atoms with Gasteiger partial charge in [0.1, 0.15) is 11.4 Å². The molecule has 1 heterocycles. The van der Waals surface area contributed by atoms with Crippen molar-refractivity contribution in [1.82, 2.24) is 4.98 Å². The van der Waals surface area contributed by atoms with Crippen molar-refractivity contribution < 1.29 is 9.53 Å². The van der Waals surface area contributed by atoms with Gasteiger partial charge in [0.25, 0.3) is 0 Å². The Morgan fingerprint density at radius 3 is 2.31 bits per heavy atom. The van der Waals surface area contributed by atoms with Crippen LogP contribution in [0.25, 0.3) is 0 Å². The minimum Gasteiger partial charge on any atom is -0.456 e. The molecule has 0 atom stereocenters. The van der Waals surface area contributed by atoms with E-state index in [4.69, 9.17) is 4.74 Å². The lowest BCUT2D eigenvalue weighted by molar-refractivity contribution is 0.00691. The number of carbonyl (C=O) groups is 1. The number of hydrogen-bond acceptors (Lipinski definition) is 4. The molecule has 0 saturated heterocycles. The molecule has 0 aliphatic rings. The second-order valence-corrected chi connectivity index (χ2v) is 4.80. The molecule has 88 valence electrons. The van der Waals surface area contributed by atoms with Gasteiger partial charge < -0.3 is 9.64 Å². The van der Waals surface area contributed by atoms with Crippen molar-refractivity contribution in [3.8, 4) is 0 Å². The lowest BCUT2D eigenvalue weighted by Gasteiger charge is -2.19. The van der Waals surface area contributed by atoms with Crippen LogP contribution in [0.5, 0.6) is 0 Å². The number of ether oxygens (including phenoxy) is 1. The van der Waals surface area contributed by atoms with Crippen LogP contribution in [0.3, 0.4) is 0 Å². The summed E-state index contributed by atoms with van der Waals surface area (Å²) in [6.45, 7) is 5.52. The van der Waals surface area contributed by atoms with E-state index in [1.807, 2.05) is 39.8 Å². The summed E-state index contributed by atoms with van der Waals surface area (Å²) in [6, 6.07) is 3.51. The van der Waals surface area contributed by atoms with Gasteiger partial charge >= 0.3 is 5.97 Å². The molecule has 4 heteroatoms. The molecule has 0 aliphatic carbocycles. The third-order valence-corrected chi connectivity index (χ3v) is 1.84. The number of aromatic nitrogens is 1. The molecule has 0 unspecified atom stereocenters. The third kappa shape index (κ3) is 3.53. The number of nitrogens with zero attached hydrogens (tertiary/aromatic N) is 2. The molecule has 0 aliphatic heterocycles. The van der Waals surface area contributed by atoms with Crippen LogP contribution in [0.15, 0.2) is 18.3 Å². The number of pyridine rings is 1. The van der Waals surface area contributed by atoms with Crippen LogP contribution in [0.4, 0.5) is 5.82 Å². The van der Waals surface area contributed by atoms with Gasteiger partial charge in [-0.2, -0.15) is 0 Å². The van der Waals surface area contributed by atoms with Gasteiger partial charge in [-0.15, -0.1) is 0 Å². The van der Waals surface area contributed by atoms with Gasteiger partial charge in [-0.05, 0) is 32.9 Å². The summed E-state index contributed by atoms with van der Waals surface area (Å²) in [5, 5.41) is 0. The Labute approximate surface area is 96.2 Å². The molecule has 1 aromatic rings. The largest absolute Gasteiger partial charge is 0.456 e. The molecule has 1 aromatic heterocycles. The van der Waals surface area contributed by atoms with E-state index in [1.54, 1.807) is 12.1 Å². The fourth-order valence-electron chi connectivity index (χ4n) is 1.11. The predicted octanol–water partition coefficient (Wildman–Crippen LogP) is 2.10. The van der Waals surface area contributed by atoms with E-state index in [0.29, 0.717) is 5.56 Å². The topological polar surface area (TPSA) is 42.4 Å². The van der Waals surface area contributed by atoms with Gasteiger partial charge in [0.2, 0.25) is 0 Å². The van der Waals surface area contributed by atoms with Crippen LogP contribution in [0, 0.1) is 0 Å². The zero-order chi connectivity index (χ0) is 12.3. The van der Waals surface area contributed by atoms with E-state index in [1.165, 1.54) is 6.20 Å². The molecule has 0 fully saturated rings. The molecule has 1 rings (SSSR count). The third-order valence-electron chi connectivity index (χ3n) is 1.84. The Hall–Kier alpha value is -1.58. The van der Waals surface area contributed by atoms with E-state index in [0.717, 1.165) is 5.82 Å². The van der Waals surface area contributed by atoms with Gasteiger partial charge in [-0.3, -0.25) is 0 Å². The Morgan fingerprint density at radius 2 is 1.94 bits per heavy atom. The molecule has 0 saturated carbocycles. The quantitative estimate of drug-likeness (QED) is 0.719. The highest BCUT2D eigenvalue weighted by Crippen LogP contribution is 2.13. The SMILES string of the molecule is CN(C)c1ccc(C(=O)OC(C)(C)C)cn1. The Balaban J connectivity index is 2.78. The predicted molar refractivity (Wildman–Crippen MR) is 63.7 cm³/mol. The Kier molecular flexibility index (Phi) is 3.52. The lowest BCUT2D eigenvalue weighted by atomic mass is 10.2. The van der Waals surface area contributed by atoms with Gasteiger partial charge in [0.05, 0.1) is 5.56 Å². The minimum absolute atomic E-state index is 0.342. The average molecular weight is 222 g/mol. The zero-order valence-electron chi connectivity index (χ0n) is 10.4. The number of carbonyl (C=O) groups excluding carboxylic acids is 1. The van der Waals surface area contributed by atoms with Gasteiger partial charge in [-0.1, -0.05) is 0 Å². The molecule has 4 nitrogen and oxygen atoms in total. The lowest BCUT2D eigenvalue weighted by Crippen LogP contribution is -2.24. The molecule has 0 radical (unpaired) electrons. The summed E-state index contributed by atoms with van der Waals surface area (Å²) >= 11 is 0. The molecular formula is C12H18N2O2. The molecule has 0 aromatic carbocycles. The second kappa shape index (κ2) is 4.51. The minimum atomic E-state index is -0.475. The fourth-order valence-corrected chi connectivity index (χ4v) is 1.11. The van der Waals surface area contributed by atoms with Crippen LogP contribution in [-0.4, -0.2) is 30.6 Å². The van der Waals surface area contributed by atoms with E-state index in [9.17, 15) is 4.79 Å². The summed E-state index contributed by atoms with van der Waals surface area (Å²) in [6.07, 6.45) is 1.53. The number of esters is 1.